The minimum Gasteiger partial charge on any atom is -0.493 e. The summed E-state index contributed by atoms with van der Waals surface area (Å²) in [4.78, 5) is 2.31. The molecule has 3 heterocycles. The van der Waals surface area contributed by atoms with Crippen molar-refractivity contribution in [2.75, 3.05) is 34.9 Å². The molecule has 7 heteroatoms. The molecule has 0 spiro atoms. The molecule has 158 valence electrons. The summed E-state index contributed by atoms with van der Waals surface area (Å²) in [6, 6.07) is 4.12. The third kappa shape index (κ3) is 2.80. The van der Waals surface area contributed by atoms with Crippen molar-refractivity contribution in [2.45, 2.75) is 25.6 Å². The minimum atomic E-state index is 0.0642. The van der Waals surface area contributed by atoms with E-state index in [2.05, 4.69) is 24.6 Å². The van der Waals surface area contributed by atoms with Gasteiger partial charge in [0, 0.05) is 23.7 Å². The zero-order valence-electron chi connectivity index (χ0n) is 17.4. The second kappa shape index (κ2) is 7.41. The molecule has 7 nitrogen and oxygen atoms in total. The third-order valence-electron chi connectivity index (χ3n) is 6.10. The molecule has 2 aromatic rings. The van der Waals surface area contributed by atoms with Crippen LogP contribution in [-0.2, 0) is 24.3 Å². The van der Waals surface area contributed by atoms with E-state index in [0.717, 1.165) is 41.2 Å². The van der Waals surface area contributed by atoms with Crippen LogP contribution >= 0.6 is 0 Å². The molecule has 0 fully saturated rings. The smallest absolute Gasteiger partial charge is 0.231 e. The first-order chi connectivity index (χ1) is 14.7. The van der Waals surface area contributed by atoms with E-state index in [1.807, 2.05) is 12.1 Å². The van der Waals surface area contributed by atoms with Gasteiger partial charge in [-0.2, -0.15) is 0 Å². The summed E-state index contributed by atoms with van der Waals surface area (Å²) >= 11 is 0. The maximum Gasteiger partial charge on any atom is 0.231 e. The Morgan fingerprint density at radius 2 is 1.90 bits per heavy atom. The molecule has 0 aromatic heterocycles. The van der Waals surface area contributed by atoms with E-state index in [9.17, 15) is 0 Å². The van der Waals surface area contributed by atoms with E-state index >= 15 is 0 Å². The zero-order chi connectivity index (χ0) is 20.8. The topological polar surface area (TPSA) is 58.6 Å². The molecular formula is C23H25NO6. The number of methoxy groups -OCH3 is 2. The molecule has 0 N–H and O–H groups in total. The Bertz CT molecular complexity index is 1020. The van der Waals surface area contributed by atoms with Crippen molar-refractivity contribution in [1.29, 1.82) is 0 Å². The van der Waals surface area contributed by atoms with Crippen LogP contribution in [0.15, 0.2) is 18.7 Å². The second-order valence-electron chi connectivity index (χ2n) is 7.62. The van der Waals surface area contributed by atoms with Gasteiger partial charge in [0.05, 0.1) is 20.8 Å². The fourth-order valence-corrected chi connectivity index (χ4v) is 4.70. The van der Waals surface area contributed by atoms with E-state index in [1.54, 1.807) is 14.2 Å². The van der Waals surface area contributed by atoms with Crippen LogP contribution in [0.2, 0.25) is 0 Å². The summed E-state index contributed by atoms with van der Waals surface area (Å²) in [6.45, 7) is 5.73. The fraction of sp³-hybridized carbons (Fsp3) is 0.391. The monoisotopic (exact) mass is 411 g/mol. The maximum absolute atomic E-state index is 5.82. The first-order valence-electron chi connectivity index (χ1n) is 9.91. The van der Waals surface area contributed by atoms with Crippen LogP contribution in [0.3, 0.4) is 0 Å². The van der Waals surface area contributed by atoms with E-state index in [1.165, 1.54) is 11.1 Å². The number of fused-ring (bicyclic) bond motifs is 4. The van der Waals surface area contributed by atoms with E-state index in [0.29, 0.717) is 23.9 Å². The van der Waals surface area contributed by atoms with Gasteiger partial charge in [-0.1, -0.05) is 12.7 Å². The molecule has 0 bridgehead atoms. The van der Waals surface area contributed by atoms with Crippen molar-refractivity contribution in [3.63, 3.8) is 0 Å². The van der Waals surface area contributed by atoms with E-state index in [4.69, 9.17) is 28.4 Å². The Kier molecular flexibility index (Phi) is 4.72. The van der Waals surface area contributed by atoms with Gasteiger partial charge in [0.1, 0.15) is 0 Å². The van der Waals surface area contributed by atoms with Gasteiger partial charge in [0.25, 0.3) is 0 Å². The van der Waals surface area contributed by atoms with Gasteiger partial charge in [-0.15, -0.1) is 0 Å². The Hall–Kier alpha value is -2.90. The van der Waals surface area contributed by atoms with Crippen LogP contribution in [0, 0.1) is 0 Å². The van der Waals surface area contributed by atoms with Gasteiger partial charge in [0.15, 0.2) is 29.8 Å². The highest BCUT2D eigenvalue weighted by molar-refractivity contribution is 5.69. The molecule has 0 amide bonds. The molecule has 0 saturated heterocycles. The molecule has 3 aliphatic rings. The third-order valence-corrected chi connectivity index (χ3v) is 6.10. The molecule has 0 aliphatic carbocycles. The van der Waals surface area contributed by atoms with Gasteiger partial charge < -0.3 is 28.4 Å². The van der Waals surface area contributed by atoms with Crippen LogP contribution in [0.1, 0.15) is 33.9 Å². The lowest BCUT2D eigenvalue weighted by Gasteiger charge is -2.38. The predicted molar refractivity (Wildman–Crippen MR) is 110 cm³/mol. The first-order valence-corrected chi connectivity index (χ1v) is 9.91. The molecule has 30 heavy (non-hydrogen) atoms. The van der Waals surface area contributed by atoms with E-state index < -0.39 is 0 Å². The fourth-order valence-electron chi connectivity index (χ4n) is 4.70. The number of hydrogen-bond donors (Lipinski definition) is 0. The Morgan fingerprint density at radius 1 is 1.07 bits per heavy atom. The summed E-state index contributed by atoms with van der Waals surface area (Å²) in [5.41, 5.74) is 5.55. The van der Waals surface area contributed by atoms with Crippen LogP contribution in [-0.4, -0.2) is 39.8 Å². The standard InChI is InChI=1S/C23H25NO6/c1-5-13-6-19-22(30-12-28-19)23(26-4)20(13)17-8-15-14(9-24(17)2)7-18(25-3)21-16(15)10-27-11-29-21/h5-7,17H,1,8-12H2,2-4H3/t17-/m0/s1. The summed E-state index contributed by atoms with van der Waals surface area (Å²) in [5, 5.41) is 0. The van der Waals surface area contributed by atoms with Crippen LogP contribution in [0.4, 0.5) is 0 Å². The largest absolute Gasteiger partial charge is 0.493 e. The normalized spacial score (nSPS) is 19.5. The second-order valence-corrected chi connectivity index (χ2v) is 7.62. The van der Waals surface area contributed by atoms with Crippen LogP contribution in [0.25, 0.3) is 6.08 Å². The Labute approximate surface area is 175 Å². The van der Waals surface area contributed by atoms with Crippen molar-refractivity contribution in [3.05, 3.63) is 46.5 Å². The van der Waals surface area contributed by atoms with Gasteiger partial charge in [-0.25, -0.2) is 0 Å². The molecule has 3 aliphatic heterocycles. The van der Waals surface area contributed by atoms with Crippen molar-refractivity contribution in [3.8, 4) is 28.7 Å². The highest BCUT2D eigenvalue weighted by atomic mass is 16.7. The van der Waals surface area contributed by atoms with Gasteiger partial charge >= 0.3 is 0 Å². The lowest BCUT2D eigenvalue weighted by Crippen LogP contribution is -2.33. The number of nitrogens with zero attached hydrogens (tertiary/aromatic N) is 1. The van der Waals surface area contributed by atoms with Crippen molar-refractivity contribution < 1.29 is 28.4 Å². The summed E-state index contributed by atoms with van der Waals surface area (Å²) in [5.74, 6) is 3.59. The first kappa shape index (κ1) is 19.1. The zero-order valence-corrected chi connectivity index (χ0v) is 17.4. The molecular weight excluding hydrogens is 386 g/mol. The van der Waals surface area contributed by atoms with E-state index in [-0.39, 0.29) is 19.6 Å². The molecule has 5 rings (SSSR count). The molecule has 0 unspecified atom stereocenters. The number of ether oxygens (including phenoxy) is 6. The van der Waals surface area contributed by atoms with Gasteiger partial charge in [-0.3, -0.25) is 4.90 Å². The highest BCUT2D eigenvalue weighted by Gasteiger charge is 2.36. The summed E-state index contributed by atoms with van der Waals surface area (Å²) in [7, 11) is 5.45. The number of benzene rings is 2. The average molecular weight is 411 g/mol. The van der Waals surface area contributed by atoms with Crippen LogP contribution in [0.5, 0.6) is 28.7 Å². The number of likely N-dealkylation sites (N-methyl/N-ethyl adjacent to an activating group) is 1. The van der Waals surface area contributed by atoms with Gasteiger partial charge in [0.2, 0.25) is 12.5 Å². The number of rotatable bonds is 4. The SMILES string of the molecule is C=Cc1cc2c(c(OC)c1[C@@H]1Cc3c(cc(OC)c4c3COCO4)CN1C)OCO2. The molecule has 0 radical (unpaired) electrons. The van der Waals surface area contributed by atoms with Crippen molar-refractivity contribution in [2.24, 2.45) is 0 Å². The van der Waals surface area contributed by atoms with Crippen molar-refractivity contribution >= 4 is 6.08 Å². The van der Waals surface area contributed by atoms with Gasteiger partial charge in [-0.05, 0) is 42.3 Å². The molecule has 1 atom stereocenters. The highest BCUT2D eigenvalue weighted by Crippen LogP contribution is 2.51. The Morgan fingerprint density at radius 3 is 2.67 bits per heavy atom. The van der Waals surface area contributed by atoms with Crippen LogP contribution < -0.4 is 23.7 Å². The lowest BCUT2D eigenvalue weighted by atomic mass is 9.84. The minimum absolute atomic E-state index is 0.0642. The average Bonchev–Trinajstić information content (AvgIpc) is 3.25. The summed E-state index contributed by atoms with van der Waals surface area (Å²) < 4.78 is 34.1. The maximum atomic E-state index is 5.82. The molecule has 0 saturated carbocycles. The predicted octanol–water partition coefficient (Wildman–Crippen LogP) is 3.67. The Balaban J connectivity index is 1.65. The molecule has 2 aromatic carbocycles. The number of hydrogen-bond acceptors (Lipinski definition) is 7. The quantitative estimate of drug-likeness (QED) is 0.761. The summed E-state index contributed by atoms with van der Waals surface area (Å²) in [6.07, 6.45) is 2.63. The van der Waals surface area contributed by atoms with Crippen molar-refractivity contribution in [1.82, 2.24) is 4.90 Å². The lowest BCUT2D eigenvalue weighted by molar-refractivity contribution is -0.0189.